The Morgan fingerprint density at radius 1 is 1.24 bits per heavy atom. The normalized spacial score (nSPS) is 12.5. The van der Waals surface area contributed by atoms with Crippen LogP contribution in [-0.2, 0) is 14.6 Å². The maximum Gasteiger partial charge on any atom is 0.228 e. The van der Waals surface area contributed by atoms with E-state index >= 15 is 0 Å². The highest BCUT2D eigenvalue weighted by Crippen LogP contribution is 2.22. The van der Waals surface area contributed by atoms with Crippen molar-refractivity contribution in [2.24, 2.45) is 5.92 Å². The molecule has 2 rings (SSSR count). The zero-order chi connectivity index (χ0) is 18.6. The van der Waals surface area contributed by atoms with E-state index in [2.05, 4.69) is 21.2 Å². The fourth-order valence-corrected chi connectivity index (χ4v) is 3.97. The number of carbonyl (C=O) groups is 1. The van der Waals surface area contributed by atoms with Crippen LogP contribution in [0.25, 0.3) is 0 Å². The Labute approximate surface area is 154 Å². The summed E-state index contributed by atoms with van der Waals surface area (Å²) in [5.74, 6) is -2.22. The minimum Gasteiger partial charge on any atom is -0.494 e. The Morgan fingerprint density at radius 3 is 2.44 bits per heavy atom. The molecule has 2 aromatic carbocycles. The van der Waals surface area contributed by atoms with Gasteiger partial charge < -0.3 is 10.1 Å². The van der Waals surface area contributed by atoms with Crippen molar-refractivity contribution in [2.75, 3.05) is 18.2 Å². The van der Waals surface area contributed by atoms with E-state index in [9.17, 15) is 17.6 Å². The van der Waals surface area contributed by atoms with Crippen LogP contribution in [0.2, 0.25) is 0 Å². The van der Waals surface area contributed by atoms with Crippen molar-refractivity contribution in [1.82, 2.24) is 0 Å². The van der Waals surface area contributed by atoms with Crippen LogP contribution in [-0.4, -0.2) is 27.2 Å². The number of hydrogen-bond donors (Lipinski definition) is 1. The molecule has 0 aromatic heterocycles. The van der Waals surface area contributed by atoms with Gasteiger partial charge in [-0.25, -0.2) is 12.8 Å². The molecule has 2 aromatic rings. The third-order valence-corrected chi connectivity index (χ3v) is 5.97. The van der Waals surface area contributed by atoms with Gasteiger partial charge in [0, 0.05) is 22.1 Å². The molecule has 134 valence electrons. The fourth-order valence-electron chi connectivity index (χ4n) is 2.15. The van der Waals surface area contributed by atoms with Gasteiger partial charge in [0.1, 0.15) is 0 Å². The average Bonchev–Trinajstić information content (AvgIpc) is 2.55. The largest absolute Gasteiger partial charge is 0.494 e. The molecule has 1 N–H and O–H groups in total. The standard InChI is InChI=1S/C17H17BrFNO4S/c1-11(10-25(22,23)14-6-3-12(18)4-7-14)17(21)20-13-5-8-16(24-2)15(19)9-13/h3-9,11H,10H2,1-2H3,(H,20,21)/t11-/m0/s1. The lowest BCUT2D eigenvalue weighted by Crippen LogP contribution is -2.27. The number of methoxy groups -OCH3 is 1. The third-order valence-electron chi connectivity index (χ3n) is 3.51. The summed E-state index contributed by atoms with van der Waals surface area (Å²) in [4.78, 5) is 12.3. The van der Waals surface area contributed by atoms with Gasteiger partial charge in [-0.1, -0.05) is 22.9 Å². The van der Waals surface area contributed by atoms with Crippen LogP contribution < -0.4 is 10.1 Å². The average molecular weight is 430 g/mol. The quantitative estimate of drug-likeness (QED) is 0.760. The maximum absolute atomic E-state index is 13.7. The molecule has 0 fully saturated rings. The number of anilines is 1. The number of amides is 1. The molecule has 0 bridgehead atoms. The van der Waals surface area contributed by atoms with Crippen LogP contribution in [0.3, 0.4) is 0 Å². The van der Waals surface area contributed by atoms with Crippen molar-refractivity contribution in [3.63, 3.8) is 0 Å². The summed E-state index contributed by atoms with van der Waals surface area (Å²) in [5.41, 5.74) is 0.233. The molecule has 0 aliphatic rings. The molecular weight excluding hydrogens is 413 g/mol. The van der Waals surface area contributed by atoms with Crippen molar-refractivity contribution in [2.45, 2.75) is 11.8 Å². The van der Waals surface area contributed by atoms with Crippen LogP contribution in [0.5, 0.6) is 5.75 Å². The van der Waals surface area contributed by atoms with Crippen LogP contribution in [0.15, 0.2) is 51.8 Å². The topological polar surface area (TPSA) is 72.5 Å². The SMILES string of the molecule is COc1ccc(NC(=O)[C@@H](C)CS(=O)(=O)c2ccc(Br)cc2)cc1F. The second kappa shape index (κ2) is 7.97. The van der Waals surface area contributed by atoms with Crippen LogP contribution in [0.4, 0.5) is 10.1 Å². The number of benzene rings is 2. The second-order valence-electron chi connectivity index (χ2n) is 5.47. The highest BCUT2D eigenvalue weighted by atomic mass is 79.9. The minimum absolute atomic E-state index is 0.0591. The highest BCUT2D eigenvalue weighted by molar-refractivity contribution is 9.10. The zero-order valence-electron chi connectivity index (χ0n) is 13.6. The molecule has 0 spiro atoms. The molecule has 8 heteroatoms. The fraction of sp³-hybridized carbons (Fsp3) is 0.235. The first-order chi connectivity index (χ1) is 11.7. The van der Waals surface area contributed by atoms with Gasteiger partial charge in [-0.3, -0.25) is 4.79 Å². The molecule has 0 heterocycles. The van der Waals surface area contributed by atoms with Crippen LogP contribution >= 0.6 is 15.9 Å². The molecular formula is C17H17BrFNO4S. The number of ether oxygens (including phenoxy) is 1. The van der Waals surface area contributed by atoms with Gasteiger partial charge in [-0.15, -0.1) is 0 Å². The molecule has 5 nitrogen and oxygen atoms in total. The molecule has 25 heavy (non-hydrogen) atoms. The van der Waals surface area contributed by atoms with E-state index in [1.54, 1.807) is 12.1 Å². The van der Waals surface area contributed by atoms with E-state index in [-0.39, 0.29) is 22.1 Å². The third kappa shape index (κ3) is 5.02. The van der Waals surface area contributed by atoms with Gasteiger partial charge in [-0.2, -0.15) is 0 Å². The Balaban J connectivity index is 2.07. The van der Waals surface area contributed by atoms with Crippen molar-refractivity contribution in [1.29, 1.82) is 0 Å². The summed E-state index contributed by atoms with van der Waals surface area (Å²) in [6.07, 6.45) is 0. The van der Waals surface area contributed by atoms with Crippen molar-refractivity contribution >= 4 is 37.4 Å². The smallest absolute Gasteiger partial charge is 0.228 e. The zero-order valence-corrected chi connectivity index (χ0v) is 16.0. The summed E-state index contributed by atoms with van der Waals surface area (Å²) in [6, 6.07) is 10.2. The lowest BCUT2D eigenvalue weighted by Gasteiger charge is -2.13. The number of carbonyl (C=O) groups excluding carboxylic acids is 1. The van der Waals surface area contributed by atoms with Gasteiger partial charge in [-0.05, 0) is 36.4 Å². The van der Waals surface area contributed by atoms with Crippen molar-refractivity contribution in [3.05, 3.63) is 52.8 Å². The monoisotopic (exact) mass is 429 g/mol. The van der Waals surface area contributed by atoms with Gasteiger partial charge in [0.15, 0.2) is 21.4 Å². The minimum atomic E-state index is -3.61. The highest BCUT2D eigenvalue weighted by Gasteiger charge is 2.23. The van der Waals surface area contributed by atoms with Crippen molar-refractivity contribution in [3.8, 4) is 5.75 Å². The Morgan fingerprint density at radius 2 is 1.88 bits per heavy atom. The van der Waals surface area contributed by atoms with Gasteiger partial charge >= 0.3 is 0 Å². The number of hydrogen-bond acceptors (Lipinski definition) is 4. The summed E-state index contributed by atoms with van der Waals surface area (Å²) >= 11 is 3.24. The number of rotatable bonds is 6. The lowest BCUT2D eigenvalue weighted by molar-refractivity contribution is -0.118. The van der Waals surface area contributed by atoms with Gasteiger partial charge in [0.25, 0.3) is 0 Å². The van der Waals surface area contributed by atoms with E-state index in [1.807, 2.05) is 0 Å². The maximum atomic E-state index is 13.7. The first-order valence-electron chi connectivity index (χ1n) is 7.35. The molecule has 0 saturated heterocycles. The number of nitrogens with one attached hydrogen (secondary N) is 1. The summed E-state index contributed by atoms with van der Waals surface area (Å²) in [6.45, 7) is 1.51. The van der Waals surface area contributed by atoms with Crippen molar-refractivity contribution < 1.29 is 22.3 Å². The van der Waals surface area contributed by atoms with E-state index in [4.69, 9.17) is 4.74 Å². The molecule has 0 aliphatic heterocycles. The number of sulfone groups is 1. The Hall–Kier alpha value is -1.93. The first-order valence-corrected chi connectivity index (χ1v) is 9.80. The Bertz CT molecular complexity index is 869. The van der Waals surface area contributed by atoms with Crippen LogP contribution in [0.1, 0.15) is 6.92 Å². The van der Waals surface area contributed by atoms with Gasteiger partial charge in [0.2, 0.25) is 5.91 Å². The van der Waals surface area contributed by atoms with E-state index in [1.165, 1.54) is 38.3 Å². The molecule has 0 unspecified atom stereocenters. The molecule has 0 aliphatic carbocycles. The van der Waals surface area contributed by atoms with E-state index in [0.717, 1.165) is 10.5 Å². The molecule has 1 amide bonds. The predicted octanol–water partition coefficient (Wildman–Crippen LogP) is 3.65. The molecule has 0 saturated carbocycles. The molecule has 1 atom stereocenters. The number of halogens is 2. The summed E-state index contributed by atoms with van der Waals surface area (Å²) in [5, 5.41) is 2.51. The van der Waals surface area contributed by atoms with Gasteiger partial charge in [0.05, 0.1) is 17.8 Å². The summed E-state index contributed by atoms with van der Waals surface area (Å²) in [7, 11) is -2.27. The van der Waals surface area contributed by atoms with E-state index < -0.39 is 27.5 Å². The predicted molar refractivity (Wildman–Crippen MR) is 96.9 cm³/mol. The lowest BCUT2D eigenvalue weighted by atomic mass is 10.2. The second-order valence-corrected chi connectivity index (χ2v) is 8.42. The summed E-state index contributed by atoms with van der Waals surface area (Å²) < 4.78 is 44.0. The molecule has 0 radical (unpaired) electrons. The van der Waals surface area contributed by atoms with E-state index in [0.29, 0.717) is 0 Å². The first kappa shape index (κ1) is 19.4. The Kier molecular flexibility index (Phi) is 6.18. The van der Waals surface area contributed by atoms with Crippen LogP contribution in [0, 0.1) is 11.7 Å².